The predicted octanol–water partition coefficient (Wildman–Crippen LogP) is 17.6. The third-order valence-electron chi connectivity index (χ3n) is 13.0. The predicted molar refractivity (Wildman–Crippen MR) is 276 cm³/mol. The van der Waals surface area contributed by atoms with Gasteiger partial charge in [0.2, 0.25) is 0 Å². The molecule has 0 aliphatic heterocycles. The lowest BCUT2D eigenvalue weighted by atomic mass is 9.94. The number of nitrogens with zero attached hydrogens (tertiary/aromatic N) is 2. The molecule has 3 heteroatoms. The molecule has 12 rings (SSSR count). The molecule has 2 nitrogen and oxygen atoms in total. The first-order valence-corrected chi connectivity index (χ1v) is 23.0. The number of allylic oxidation sites excluding steroid dienone is 4. The van der Waals surface area contributed by atoms with Gasteiger partial charge in [0.15, 0.2) is 0 Å². The van der Waals surface area contributed by atoms with Crippen molar-refractivity contribution in [1.29, 1.82) is 0 Å². The second kappa shape index (κ2) is 15.9. The Balaban J connectivity index is 0.994. The second-order valence-corrected chi connectivity index (χ2v) is 18.0. The van der Waals surface area contributed by atoms with E-state index in [2.05, 4.69) is 247 Å². The Morgan fingerprint density at radius 1 is 0.484 bits per heavy atom. The first-order valence-electron chi connectivity index (χ1n) is 22.2. The van der Waals surface area contributed by atoms with Crippen LogP contribution >= 0.6 is 11.3 Å². The molecule has 0 bridgehead atoms. The van der Waals surface area contributed by atoms with Crippen molar-refractivity contribution in [3.05, 3.63) is 236 Å². The summed E-state index contributed by atoms with van der Waals surface area (Å²) in [5.74, 6) is 0.578. The molecule has 64 heavy (non-hydrogen) atoms. The van der Waals surface area contributed by atoms with Gasteiger partial charge in [0, 0.05) is 43.2 Å². The van der Waals surface area contributed by atoms with E-state index in [0.29, 0.717) is 5.92 Å². The average Bonchev–Trinajstić information content (AvgIpc) is 3.92. The Morgan fingerprint density at radius 3 is 1.88 bits per heavy atom. The van der Waals surface area contributed by atoms with Gasteiger partial charge in [-0.2, -0.15) is 0 Å². The molecule has 0 N–H and O–H groups in total. The molecule has 0 saturated carbocycles. The van der Waals surface area contributed by atoms with E-state index in [1.54, 1.807) is 0 Å². The fraction of sp³-hybridized carbons (Fsp3) is 0.0492. The van der Waals surface area contributed by atoms with Crippen LogP contribution in [0.25, 0.3) is 86.6 Å². The van der Waals surface area contributed by atoms with Crippen molar-refractivity contribution in [3.8, 4) is 39.1 Å². The fourth-order valence-corrected chi connectivity index (χ4v) is 11.0. The van der Waals surface area contributed by atoms with Crippen molar-refractivity contribution >= 4 is 76.0 Å². The molecule has 2 heterocycles. The van der Waals surface area contributed by atoms with Gasteiger partial charge in [-0.3, -0.25) is 0 Å². The van der Waals surface area contributed by atoms with Gasteiger partial charge in [-0.25, -0.2) is 0 Å². The largest absolute Gasteiger partial charge is 0.310 e. The lowest BCUT2D eigenvalue weighted by Crippen LogP contribution is -2.11. The molecule has 304 valence electrons. The summed E-state index contributed by atoms with van der Waals surface area (Å²) in [6, 6.07) is 78.0. The number of hydrogen-bond donors (Lipinski definition) is 0. The van der Waals surface area contributed by atoms with Gasteiger partial charge in [0.25, 0.3) is 0 Å². The van der Waals surface area contributed by atoms with Crippen LogP contribution in [0.4, 0.5) is 17.1 Å². The van der Waals surface area contributed by atoms with Crippen molar-refractivity contribution in [2.24, 2.45) is 5.92 Å². The average molecular weight is 837 g/mol. The molecule has 9 aromatic carbocycles. The number of fused-ring (bicyclic) bond motifs is 6. The summed E-state index contributed by atoms with van der Waals surface area (Å²) >= 11 is 1.88. The summed E-state index contributed by atoms with van der Waals surface area (Å²) in [7, 11) is 0. The second-order valence-electron chi connectivity index (χ2n) is 16.9. The van der Waals surface area contributed by atoms with E-state index >= 15 is 0 Å². The van der Waals surface area contributed by atoms with Crippen LogP contribution in [-0.2, 0) is 0 Å². The summed E-state index contributed by atoms with van der Waals surface area (Å²) in [4.78, 5) is 2.41. The third kappa shape index (κ3) is 6.56. The van der Waals surface area contributed by atoms with E-state index in [9.17, 15) is 0 Å². The van der Waals surface area contributed by atoms with E-state index in [4.69, 9.17) is 0 Å². The zero-order valence-corrected chi connectivity index (χ0v) is 36.3. The summed E-state index contributed by atoms with van der Waals surface area (Å²) < 4.78 is 5.10. The molecule has 1 unspecified atom stereocenters. The first-order chi connectivity index (χ1) is 31.7. The minimum atomic E-state index is 0.578. The molecule has 0 fully saturated rings. The molecule has 1 aliphatic rings. The summed E-state index contributed by atoms with van der Waals surface area (Å²) in [5, 5.41) is 5.13. The molecule has 1 atom stereocenters. The molecular weight excluding hydrogens is 793 g/mol. The van der Waals surface area contributed by atoms with Gasteiger partial charge < -0.3 is 9.47 Å². The molecule has 0 saturated heterocycles. The quantitative estimate of drug-likeness (QED) is 0.148. The Morgan fingerprint density at radius 2 is 1.08 bits per heavy atom. The van der Waals surface area contributed by atoms with Crippen molar-refractivity contribution in [1.82, 2.24) is 4.57 Å². The van der Waals surface area contributed by atoms with E-state index in [-0.39, 0.29) is 0 Å². The van der Waals surface area contributed by atoms with Gasteiger partial charge in [-0.1, -0.05) is 177 Å². The molecule has 0 spiro atoms. The maximum atomic E-state index is 2.48. The number of aromatic nitrogens is 1. The number of hydrogen-bond acceptors (Lipinski definition) is 2. The van der Waals surface area contributed by atoms with E-state index < -0.39 is 0 Å². The van der Waals surface area contributed by atoms with Crippen molar-refractivity contribution in [2.45, 2.75) is 13.3 Å². The SMILES string of the molecule is CC1C=CC(c2ccc(N(c3ccc(-c4ccccc4)cc3)c3ccccc3-c3cccc(-c4cccc5c4c4ccccc4n5-c4cccc5c4sc4ccccc45)c3)cc2)=CC1. The van der Waals surface area contributed by atoms with Crippen molar-refractivity contribution < 1.29 is 0 Å². The summed E-state index contributed by atoms with van der Waals surface area (Å²) in [6.07, 6.45) is 8.03. The number of anilines is 3. The first kappa shape index (κ1) is 38.0. The van der Waals surface area contributed by atoms with Gasteiger partial charge in [0.05, 0.1) is 27.1 Å². The normalized spacial score (nSPS) is 13.8. The standard InChI is InChI=1S/C61H44N2S/c1-41-28-30-43(31-29-41)45-34-38-49(39-35-45)62(48-36-32-44(33-37-48)42-14-3-2-4-15-42)55-23-8-5-18-50(55)46-16-11-17-47(40-46)51-21-12-25-57-60(51)54-20-6-9-24-56(54)63(57)58-26-13-22-53-52-19-7-10-27-59(52)64-61(53)58/h2-28,30-41H,29H2,1H3. The van der Waals surface area contributed by atoms with E-state index in [1.165, 1.54) is 86.6 Å². The van der Waals surface area contributed by atoms with E-state index in [1.807, 2.05) is 11.3 Å². The maximum Gasteiger partial charge on any atom is 0.0640 e. The van der Waals surface area contributed by atoms with Gasteiger partial charge in [-0.05, 0) is 112 Å². The highest BCUT2D eigenvalue weighted by Gasteiger charge is 2.21. The smallest absolute Gasteiger partial charge is 0.0640 e. The van der Waals surface area contributed by atoms with Crippen LogP contribution in [0, 0.1) is 5.92 Å². The lowest BCUT2D eigenvalue weighted by Gasteiger charge is -2.28. The van der Waals surface area contributed by atoms with Gasteiger partial charge in [-0.15, -0.1) is 11.3 Å². The Bertz CT molecular complexity index is 3590. The fourth-order valence-electron chi connectivity index (χ4n) is 9.80. The molecule has 11 aromatic rings. The number of benzene rings is 9. The molecule has 1 aliphatic carbocycles. The van der Waals surface area contributed by atoms with Crippen LogP contribution in [0.2, 0.25) is 0 Å². The van der Waals surface area contributed by atoms with Crippen LogP contribution in [0.5, 0.6) is 0 Å². The number of para-hydroxylation sites is 2. The minimum Gasteiger partial charge on any atom is -0.310 e. The maximum absolute atomic E-state index is 2.48. The summed E-state index contributed by atoms with van der Waals surface area (Å²) in [6.45, 7) is 2.27. The summed E-state index contributed by atoms with van der Waals surface area (Å²) in [5.41, 5.74) is 16.6. The molecule has 0 radical (unpaired) electrons. The highest BCUT2D eigenvalue weighted by Crippen LogP contribution is 2.46. The van der Waals surface area contributed by atoms with Crippen molar-refractivity contribution in [2.75, 3.05) is 4.90 Å². The zero-order chi connectivity index (χ0) is 42.6. The Labute approximate surface area is 377 Å². The van der Waals surface area contributed by atoms with Crippen LogP contribution in [0.3, 0.4) is 0 Å². The zero-order valence-electron chi connectivity index (χ0n) is 35.5. The lowest BCUT2D eigenvalue weighted by molar-refractivity contribution is 0.739. The number of thiophene rings is 1. The van der Waals surface area contributed by atoms with Crippen molar-refractivity contribution in [3.63, 3.8) is 0 Å². The van der Waals surface area contributed by atoms with E-state index in [0.717, 1.165) is 29.0 Å². The Hall–Kier alpha value is -7.72. The van der Waals surface area contributed by atoms with Crippen LogP contribution in [0.1, 0.15) is 18.9 Å². The third-order valence-corrected chi connectivity index (χ3v) is 14.2. The molecular formula is C61H44N2S. The number of rotatable bonds is 8. The molecule has 2 aromatic heterocycles. The Kier molecular flexibility index (Phi) is 9.43. The monoisotopic (exact) mass is 836 g/mol. The highest BCUT2D eigenvalue weighted by molar-refractivity contribution is 7.26. The van der Waals surface area contributed by atoms with Crippen LogP contribution < -0.4 is 4.90 Å². The highest BCUT2D eigenvalue weighted by atomic mass is 32.1. The minimum absolute atomic E-state index is 0.578. The van der Waals surface area contributed by atoms with Crippen LogP contribution in [-0.4, -0.2) is 4.57 Å². The topological polar surface area (TPSA) is 8.17 Å². The van der Waals surface area contributed by atoms with Gasteiger partial charge in [0.1, 0.15) is 0 Å². The van der Waals surface area contributed by atoms with Crippen LogP contribution in [0.15, 0.2) is 231 Å². The molecule has 0 amide bonds. The van der Waals surface area contributed by atoms with Gasteiger partial charge >= 0.3 is 0 Å².